The molecule has 0 bridgehead atoms. The number of aromatic nitrogens is 2. The summed E-state index contributed by atoms with van der Waals surface area (Å²) in [6, 6.07) is 7.04. The maximum absolute atomic E-state index is 12.0. The summed E-state index contributed by atoms with van der Waals surface area (Å²) in [6.45, 7) is 0.0594. The summed E-state index contributed by atoms with van der Waals surface area (Å²) >= 11 is 0. The highest BCUT2D eigenvalue weighted by molar-refractivity contribution is 5.93. The second-order valence-corrected chi connectivity index (χ2v) is 4.40. The van der Waals surface area contributed by atoms with Crippen LogP contribution in [-0.2, 0) is 4.79 Å². The molecular weight excluding hydrogens is 288 g/mol. The fraction of sp³-hybridized carbons (Fsp3) is 0.143. The third-order valence-corrected chi connectivity index (χ3v) is 2.90. The molecule has 2 aromatic rings. The molecule has 0 unspecified atom stereocenters. The van der Waals surface area contributed by atoms with Gasteiger partial charge >= 0.3 is 0 Å². The van der Waals surface area contributed by atoms with Crippen LogP contribution in [0.3, 0.4) is 0 Å². The van der Waals surface area contributed by atoms with Crippen LogP contribution in [0.15, 0.2) is 42.9 Å². The average molecular weight is 300 g/mol. The van der Waals surface area contributed by atoms with Gasteiger partial charge in [0.15, 0.2) is 11.5 Å². The maximum Gasteiger partial charge on any atom is 0.289 e. The molecule has 0 saturated carbocycles. The summed E-state index contributed by atoms with van der Waals surface area (Å²) in [7, 11) is 0. The first-order valence-electron chi connectivity index (χ1n) is 6.49. The lowest BCUT2D eigenvalue weighted by atomic mass is 10.2. The second-order valence-electron chi connectivity index (χ2n) is 4.40. The van der Waals surface area contributed by atoms with Crippen molar-refractivity contribution in [3.05, 3.63) is 48.5 Å². The van der Waals surface area contributed by atoms with E-state index >= 15 is 0 Å². The number of nitrogens with one attached hydrogen (secondary N) is 2. The zero-order valence-electron chi connectivity index (χ0n) is 11.4. The highest BCUT2D eigenvalue weighted by Gasteiger charge is 2.27. The molecule has 1 aromatic carbocycles. The summed E-state index contributed by atoms with van der Waals surface area (Å²) in [6.07, 6.45) is 3.26. The molecule has 0 aliphatic carbocycles. The number of carbonyl (C=O) groups is 2. The van der Waals surface area contributed by atoms with E-state index < -0.39 is 17.9 Å². The minimum absolute atomic E-state index is 0.0594. The summed E-state index contributed by atoms with van der Waals surface area (Å²) in [4.78, 5) is 31.3. The van der Waals surface area contributed by atoms with Crippen LogP contribution in [0.1, 0.15) is 10.5 Å². The summed E-state index contributed by atoms with van der Waals surface area (Å²) < 4.78 is 10.9. The number of carbonyl (C=O) groups excluding carboxylic acids is 2. The molecule has 0 saturated heterocycles. The van der Waals surface area contributed by atoms with E-state index in [1.54, 1.807) is 18.2 Å². The third kappa shape index (κ3) is 2.95. The predicted octanol–water partition coefficient (Wildman–Crippen LogP) is 0.0776. The SMILES string of the molecule is O=C(NNC(=O)[C@H]1COc2ccccc2O1)c1cnccn1. The first-order valence-corrected chi connectivity index (χ1v) is 6.49. The van der Waals surface area contributed by atoms with Crippen molar-refractivity contribution in [1.29, 1.82) is 0 Å². The quantitative estimate of drug-likeness (QED) is 0.761. The van der Waals surface area contributed by atoms with Crippen molar-refractivity contribution in [2.75, 3.05) is 6.61 Å². The number of hydrazine groups is 1. The van der Waals surface area contributed by atoms with Crippen molar-refractivity contribution in [1.82, 2.24) is 20.8 Å². The molecule has 0 radical (unpaired) electrons. The van der Waals surface area contributed by atoms with Gasteiger partial charge < -0.3 is 9.47 Å². The van der Waals surface area contributed by atoms with Gasteiger partial charge in [0.05, 0.1) is 6.20 Å². The smallest absolute Gasteiger partial charge is 0.289 e. The molecular formula is C14H12N4O4. The molecule has 1 aromatic heterocycles. The second kappa shape index (κ2) is 6.08. The molecule has 112 valence electrons. The Bertz CT molecular complexity index is 692. The van der Waals surface area contributed by atoms with Gasteiger partial charge in [-0.1, -0.05) is 12.1 Å². The van der Waals surface area contributed by atoms with Crippen LogP contribution in [0.5, 0.6) is 11.5 Å². The van der Waals surface area contributed by atoms with Crippen LogP contribution in [0.2, 0.25) is 0 Å². The van der Waals surface area contributed by atoms with Gasteiger partial charge in [0.1, 0.15) is 12.3 Å². The lowest BCUT2D eigenvalue weighted by molar-refractivity contribution is -0.131. The molecule has 8 heteroatoms. The Hall–Kier alpha value is -3.16. The third-order valence-electron chi connectivity index (χ3n) is 2.90. The van der Waals surface area contributed by atoms with Gasteiger partial charge in [-0.15, -0.1) is 0 Å². The van der Waals surface area contributed by atoms with Gasteiger partial charge in [0, 0.05) is 12.4 Å². The van der Waals surface area contributed by atoms with Gasteiger partial charge in [-0.05, 0) is 12.1 Å². The molecule has 2 heterocycles. The van der Waals surface area contributed by atoms with Crippen molar-refractivity contribution in [3.63, 3.8) is 0 Å². The van der Waals surface area contributed by atoms with Crippen molar-refractivity contribution in [2.45, 2.75) is 6.10 Å². The minimum atomic E-state index is -0.850. The highest BCUT2D eigenvalue weighted by atomic mass is 16.6. The summed E-state index contributed by atoms with van der Waals surface area (Å²) in [5.41, 5.74) is 4.61. The lowest BCUT2D eigenvalue weighted by Gasteiger charge is -2.25. The van der Waals surface area contributed by atoms with Crippen molar-refractivity contribution >= 4 is 11.8 Å². The normalized spacial score (nSPS) is 15.7. The molecule has 1 atom stereocenters. The van der Waals surface area contributed by atoms with Crippen LogP contribution in [0.25, 0.3) is 0 Å². The average Bonchev–Trinajstić information content (AvgIpc) is 2.59. The minimum Gasteiger partial charge on any atom is -0.485 e. The number of nitrogens with zero attached hydrogens (tertiary/aromatic N) is 2. The van der Waals surface area contributed by atoms with Crippen molar-refractivity contribution < 1.29 is 19.1 Å². The molecule has 1 aliphatic heterocycles. The van der Waals surface area contributed by atoms with Crippen LogP contribution in [0, 0.1) is 0 Å². The number of rotatable bonds is 2. The first kappa shape index (κ1) is 13.8. The summed E-state index contributed by atoms with van der Waals surface area (Å²) in [5.74, 6) is -0.0328. The predicted molar refractivity (Wildman–Crippen MR) is 74.0 cm³/mol. The van der Waals surface area contributed by atoms with E-state index in [2.05, 4.69) is 20.8 Å². The first-order chi connectivity index (χ1) is 10.7. The lowest BCUT2D eigenvalue weighted by Crippen LogP contribution is -2.51. The Balaban J connectivity index is 1.56. The number of hydrogen-bond acceptors (Lipinski definition) is 6. The van der Waals surface area contributed by atoms with E-state index in [1.807, 2.05) is 6.07 Å². The molecule has 8 nitrogen and oxygen atoms in total. The molecule has 2 amide bonds. The molecule has 22 heavy (non-hydrogen) atoms. The number of fused-ring (bicyclic) bond motifs is 1. The van der Waals surface area contributed by atoms with E-state index in [1.165, 1.54) is 18.6 Å². The van der Waals surface area contributed by atoms with Crippen LogP contribution >= 0.6 is 0 Å². The van der Waals surface area contributed by atoms with E-state index in [4.69, 9.17) is 9.47 Å². The van der Waals surface area contributed by atoms with Crippen molar-refractivity contribution in [3.8, 4) is 11.5 Å². The Kier molecular flexibility index (Phi) is 3.82. The monoisotopic (exact) mass is 300 g/mol. The van der Waals surface area contributed by atoms with Gasteiger partial charge in [0.2, 0.25) is 6.10 Å². The van der Waals surface area contributed by atoms with Crippen LogP contribution in [0.4, 0.5) is 0 Å². The standard InChI is InChI=1S/C14H12N4O4/c19-13(9-7-15-5-6-16-9)17-18-14(20)12-8-21-10-3-1-2-4-11(10)22-12/h1-7,12H,8H2,(H,17,19)(H,18,20)/t12-/m1/s1. The molecule has 2 N–H and O–H groups in total. The topological polar surface area (TPSA) is 102 Å². The number of hydrogen-bond donors (Lipinski definition) is 2. The van der Waals surface area contributed by atoms with Gasteiger partial charge in [-0.3, -0.25) is 25.4 Å². The zero-order valence-corrected chi connectivity index (χ0v) is 11.4. The zero-order chi connectivity index (χ0) is 15.4. The maximum atomic E-state index is 12.0. The Labute approximate surface area is 125 Å². The van der Waals surface area contributed by atoms with Crippen LogP contribution < -0.4 is 20.3 Å². The highest BCUT2D eigenvalue weighted by Crippen LogP contribution is 2.30. The molecule has 3 rings (SSSR count). The fourth-order valence-electron chi connectivity index (χ4n) is 1.83. The van der Waals surface area contributed by atoms with Gasteiger partial charge in [-0.25, -0.2) is 4.98 Å². The van der Waals surface area contributed by atoms with E-state index in [0.29, 0.717) is 11.5 Å². The Morgan fingerprint density at radius 2 is 1.95 bits per heavy atom. The molecule has 0 fully saturated rings. The van der Waals surface area contributed by atoms with Gasteiger partial charge in [-0.2, -0.15) is 0 Å². The van der Waals surface area contributed by atoms with Crippen LogP contribution in [-0.4, -0.2) is 34.5 Å². The molecule has 1 aliphatic rings. The summed E-state index contributed by atoms with van der Waals surface area (Å²) in [5, 5.41) is 0. The number of ether oxygens (including phenoxy) is 2. The number of benzene rings is 1. The number of para-hydroxylation sites is 2. The molecule has 0 spiro atoms. The number of amides is 2. The fourth-order valence-corrected chi connectivity index (χ4v) is 1.83. The van der Waals surface area contributed by atoms with E-state index in [0.717, 1.165) is 0 Å². The Morgan fingerprint density at radius 1 is 1.14 bits per heavy atom. The van der Waals surface area contributed by atoms with Crippen molar-refractivity contribution in [2.24, 2.45) is 0 Å². The van der Waals surface area contributed by atoms with E-state index in [9.17, 15) is 9.59 Å². The van der Waals surface area contributed by atoms with Gasteiger partial charge in [0.25, 0.3) is 11.8 Å². The largest absolute Gasteiger partial charge is 0.485 e. The van der Waals surface area contributed by atoms with E-state index in [-0.39, 0.29) is 12.3 Å². The Morgan fingerprint density at radius 3 is 2.73 bits per heavy atom.